The van der Waals surface area contributed by atoms with E-state index < -0.39 is 0 Å². The minimum Gasteiger partial charge on any atom is -0.496 e. The molecule has 2 aromatic carbocycles. The van der Waals surface area contributed by atoms with Crippen molar-refractivity contribution in [3.8, 4) is 5.75 Å². The van der Waals surface area contributed by atoms with Crippen LogP contribution in [0.3, 0.4) is 0 Å². The van der Waals surface area contributed by atoms with Crippen LogP contribution >= 0.6 is 11.8 Å². The van der Waals surface area contributed by atoms with Gasteiger partial charge in [-0.05, 0) is 43.5 Å². The van der Waals surface area contributed by atoms with E-state index in [-0.39, 0.29) is 11.7 Å². The topological polar surface area (TPSA) is 55.4 Å². The number of methoxy groups -OCH3 is 1. The SMILES string of the molecule is COc1ccc(C(C)=O)cc1CSCC(=O)NCCCc1ccccc1. The van der Waals surface area contributed by atoms with E-state index in [0.717, 1.165) is 24.2 Å². The van der Waals surface area contributed by atoms with Crippen LogP contribution in [-0.4, -0.2) is 31.1 Å². The molecule has 5 heteroatoms. The summed E-state index contributed by atoms with van der Waals surface area (Å²) in [4.78, 5) is 23.5. The second-order valence-corrected chi connectivity index (χ2v) is 7.00. The van der Waals surface area contributed by atoms with E-state index in [1.807, 2.05) is 24.3 Å². The van der Waals surface area contributed by atoms with Crippen LogP contribution in [0.25, 0.3) is 0 Å². The fourth-order valence-corrected chi connectivity index (χ4v) is 3.42. The van der Waals surface area contributed by atoms with E-state index in [2.05, 4.69) is 17.4 Å². The number of ketones is 1. The Balaban J connectivity index is 1.71. The molecule has 0 heterocycles. The van der Waals surface area contributed by atoms with Gasteiger partial charge in [0.05, 0.1) is 12.9 Å². The Hall–Kier alpha value is -2.27. The van der Waals surface area contributed by atoms with Crippen LogP contribution in [0.5, 0.6) is 5.75 Å². The minimum atomic E-state index is 0.0232. The predicted molar refractivity (Wildman–Crippen MR) is 107 cm³/mol. The molecule has 1 amide bonds. The van der Waals surface area contributed by atoms with Gasteiger partial charge in [-0.1, -0.05) is 30.3 Å². The molecule has 2 rings (SSSR count). The van der Waals surface area contributed by atoms with Crippen LogP contribution in [-0.2, 0) is 17.0 Å². The van der Waals surface area contributed by atoms with Gasteiger partial charge < -0.3 is 10.1 Å². The Morgan fingerprint density at radius 1 is 1.12 bits per heavy atom. The highest BCUT2D eigenvalue weighted by atomic mass is 32.2. The van der Waals surface area contributed by atoms with Gasteiger partial charge in [0.25, 0.3) is 0 Å². The van der Waals surface area contributed by atoms with Gasteiger partial charge in [0.15, 0.2) is 5.78 Å². The smallest absolute Gasteiger partial charge is 0.230 e. The van der Waals surface area contributed by atoms with Crippen LogP contribution in [0.1, 0.15) is 34.8 Å². The lowest BCUT2D eigenvalue weighted by molar-refractivity contribution is -0.118. The lowest BCUT2D eigenvalue weighted by atomic mass is 10.1. The number of hydrogen-bond donors (Lipinski definition) is 1. The predicted octanol–water partition coefficient (Wildman–Crippen LogP) is 3.88. The van der Waals surface area contributed by atoms with Crippen molar-refractivity contribution >= 4 is 23.5 Å². The molecule has 0 saturated heterocycles. The summed E-state index contributed by atoms with van der Waals surface area (Å²) in [7, 11) is 1.61. The van der Waals surface area contributed by atoms with Gasteiger partial charge >= 0.3 is 0 Å². The molecule has 1 N–H and O–H groups in total. The van der Waals surface area contributed by atoms with Crippen molar-refractivity contribution < 1.29 is 14.3 Å². The molecule has 0 radical (unpaired) electrons. The van der Waals surface area contributed by atoms with E-state index in [1.54, 1.807) is 26.2 Å². The standard InChI is InChI=1S/C21H25NO3S/c1-16(23)18-10-11-20(25-2)19(13-18)14-26-15-21(24)22-12-6-9-17-7-4-3-5-8-17/h3-5,7-8,10-11,13H,6,9,12,14-15H2,1-2H3,(H,22,24). The summed E-state index contributed by atoms with van der Waals surface area (Å²) in [5.41, 5.74) is 2.88. The van der Waals surface area contributed by atoms with Crippen LogP contribution in [0.4, 0.5) is 0 Å². The third kappa shape index (κ3) is 6.56. The summed E-state index contributed by atoms with van der Waals surface area (Å²) in [5.74, 6) is 1.81. The first kappa shape index (κ1) is 20.0. The maximum Gasteiger partial charge on any atom is 0.230 e. The summed E-state index contributed by atoms with van der Waals surface area (Å²) >= 11 is 1.52. The summed E-state index contributed by atoms with van der Waals surface area (Å²) in [6, 6.07) is 15.7. The molecule has 0 spiro atoms. The fourth-order valence-electron chi connectivity index (χ4n) is 2.58. The quantitative estimate of drug-likeness (QED) is 0.509. The van der Waals surface area contributed by atoms with E-state index in [9.17, 15) is 9.59 Å². The largest absolute Gasteiger partial charge is 0.496 e. The lowest BCUT2D eigenvalue weighted by Gasteiger charge is -2.10. The number of amides is 1. The first-order valence-electron chi connectivity index (χ1n) is 8.66. The molecule has 0 aliphatic heterocycles. The van der Waals surface area contributed by atoms with Crippen LogP contribution < -0.4 is 10.1 Å². The third-order valence-corrected chi connectivity index (χ3v) is 4.97. The third-order valence-electron chi connectivity index (χ3n) is 3.98. The molecule has 0 aliphatic rings. The van der Waals surface area contributed by atoms with Gasteiger partial charge in [-0.3, -0.25) is 9.59 Å². The van der Waals surface area contributed by atoms with Crippen LogP contribution in [0.15, 0.2) is 48.5 Å². The zero-order valence-corrected chi connectivity index (χ0v) is 16.1. The van der Waals surface area contributed by atoms with Crippen molar-refractivity contribution in [3.05, 3.63) is 65.2 Å². The molecule has 4 nitrogen and oxygen atoms in total. The zero-order chi connectivity index (χ0) is 18.8. The molecule has 0 aliphatic carbocycles. The van der Waals surface area contributed by atoms with Crippen molar-refractivity contribution in [1.29, 1.82) is 0 Å². The summed E-state index contributed by atoms with van der Waals surface area (Å²) < 4.78 is 5.33. The molecular formula is C21H25NO3S. The number of Topliss-reactive ketones (excluding diaryl/α,β-unsaturated/α-hetero) is 1. The Kier molecular flexibility index (Phi) is 8.22. The molecule has 0 bridgehead atoms. The average Bonchev–Trinajstić information content (AvgIpc) is 2.66. The first-order chi connectivity index (χ1) is 12.6. The second-order valence-electron chi connectivity index (χ2n) is 6.01. The number of aryl methyl sites for hydroxylation is 1. The van der Waals surface area contributed by atoms with Gasteiger partial charge in [0.1, 0.15) is 5.75 Å². The van der Waals surface area contributed by atoms with Gasteiger partial charge in [-0.15, -0.1) is 11.8 Å². The van der Waals surface area contributed by atoms with Crippen molar-refractivity contribution in [3.63, 3.8) is 0 Å². The van der Waals surface area contributed by atoms with Crippen molar-refractivity contribution in [2.45, 2.75) is 25.5 Å². The fraction of sp³-hybridized carbons (Fsp3) is 0.333. The van der Waals surface area contributed by atoms with Crippen molar-refractivity contribution in [1.82, 2.24) is 5.32 Å². The molecule has 26 heavy (non-hydrogen) atoms. The highest BCUT2D eigenvalue weighted by Crippen LogP contribution is 2.24. The normalized spacial score (nSPS) is 10.4. The number of ether oxygens (including phenoxy) is 1. The zero-order valence-electron chi connectivity index (χ0n) is 15.3. The van der Waals surface area contributed by atoms with Gasteiger partial charge in [-0.2, -0.15) is 0 Å². The van der Waals surface area contributed by atoms with Gasteiger partial charge in [-0.25, -0.2) is 0 Å². The van der Waals surface area contributed by atoms with E-state index in [1.165, 1.54) is 17.3 Å². The molecule has 0 unspecified atom stereocenters. The summed E-state index contributed by atoms with van der Waals surface area (Å²) in [6.07, 6.45) is 1.89. The Morgan fingerprint density at radius 2 is 1.88 bits per heavy atom. The summed E-state index contributed by atoms with van der Waals surface area (Å²) in [5, 5.41) is 2.95. The number of nitrogens with one attached hydrogen (secondary N) is 1. The monoisotopic (exact) mass is 371 g/mol. The molecule has 0 saturated carbocycles. The lowest BCUT2D eigenvalue weighted by Crippen LogP contribution is -2.26. The molecule has 0 fully saturated rings. The van der Waals surface area contributed by atoms with Crippen molar-refractivity contribution in [2.75, 3.05) is 19.4 Å². The second kappa shape index (κ2) is 10.7. The maximum absolute atomic E-state index is 12.0. The Labute approximate surface area is 159 Å². The van der Waals surface area contributed by atoms with Gasteiger partial charge in [0.2, 0.25) is 5.91 Å². The first-order valence-corrected chi connectivity index (χ1v) is 9.82. The number of thioether (sulfide) groups is 1. The van der Waals surface area contributed by atoms with Crippen LogP contribution in [0, 0.1) is 0 Å². The Morgan fingerprint density at radius 3 is 2.58 bits per heavy atom. The minimum absolute atomic E-state index is 0.0232. The van der Waals surface area contributed by atoms with Crippen LogP contribution in [0.2, 0.25) is 0 Å². The number of carbonyl (C=O) groups is 2. The number of hydrogen-bond acceptors (Lipinski definition) is 4. The highest BCUT2D eigenvalue weighted by Gasteiger charge is 2.09. The number of carbonyl (C=O) groups excluding carboxylic acids is 2. The highest BCUT2D eigenvalue weighted by molar-refractivity contribution is 7.99. The van der Waals surface area contributed by atoms with E-state index >= 15 is 0 Å². The summed E-state index contributed by atoms with van der Waals surface area (Å²) in [6.45, 7) is 2.22. The molecular weight excluding hydrogens is 346 g/mol. The van der Waals surface area contributed by atoms with E-state index in [4.69, 9.17) is 4.74 Å². The maximum atomic E-state index is 12.0. The molecule has 2 aromatic rings. The van der Waals surface area contributed by atoms with E-state index in [0.29, 0.717) is 23.6 Å². The number of benzene rings is 2. The van der Waals surface area contributed by atoms with Crippen molar-refractivity contribution in [2.24, 2.45) is 0 Å². The average molecular weight is 372 g/mol. The molecule has 0 aromatic heterocycles. The van der Waals surface area contributed by atoms with Gasteiger partial charge in [0, 0.05) is 23.4 Å². The molecule has 0 atom stereocenters. The molecule has 138 valence electrons. The number of rotatable bonds is 10. The Bertz CT molecular complexity index is 731.